The third-order valence-corrected chi connectivity index (χ3v) is 7.52. The van der Waals surface area contributed by atoms with Crippen molar-refractivity contribution in [3.8, 4) is 0 Å². The zero-order valence-electron chi connectivity index (χ0n) is 21.8. The third-order valence-electron chi connectivity index (χ3n) is 7.52. The van der Waals surface area contributed by atoms with Crippen molar-refractivity contribution in [2.75, 3.05) is 53.5 Å². The highest BCUT2D eigenvalue weighted by Crippen LogP contribution is 2.28. The predicted molar refractivity (Wildman–Crippen MR) is 139 cm³/mol. The molecule has 9 nitrogen and oxygen atoms in total. The van der Waals surface area contributed by atoms with Gasteiger partial charge in [-0.1, -0.05) is 19.3 Å². The highest BCUT2D eigenvalue weighted by molar-refractivity contribution is 5.99. The number of hydrogen-bond donors (Lipinski definition) is 2. The van der Waals surface area contributed by atoms with E-state index in [-0.39, 0.29) is 36.0 Å². The largest absolute Gasteiger partial charge is 0.383 e. The first-order chi connectivity index (χ1) is 17.9. The predicted octanol–water partition coefficient (Wildman–Crippen LogP) is 2.00. The lowest BCUT2D eigenvalue weighted by molar-refractivity contribution is -0.139. The number of hydrogen-bond acceptors (Lipinski definition) is 5. The molecule has 1 aromatic carbocycles. The summed E-state index contributed by atoms with van der Waals surface area (Å²) in [5, 5.41) is 6.61. The van der Waals surface area contributed by atoms with Crippen LogP contribution in [0.3, 0.4) is 0 Å². The van der Waals surface area contributed by atoms with Crippen LogP contribution in [0.2, 0.25) is 0 Å². The summed E-state index contributed by atoms with van der Waals surface area (Å²) in [5.74, 6) is -0.608. The van der Waals surface area contributed by atoms with Crippen molar-refractivity contribution in [1.82, 2.24) is 25.0 Å². The number of ether oxygens (including phenoxy) is 1. The number of halogens is 1. The number of piperazine rings is 1. The van der Waals surface area contributed by atoms with Crippen LogP contribution >= 0.6 is 0 Å². The number of aromatic nitrogens is 1. The van der Waals surface area contributed by atoms with Crippen molar-refractivity contribution in [2.45, 2.75) is 44.7 Å². The van der Waals surface area contributed by atoms with Crippen LogP contribution in [0, 0.1) is 11.7 Å². The molecule has 1 unspecified atom stereocenters. The van der Waals surface area contributed by atoms with Crippen LogP contribution in [0.25, 0.3) is 10.9 Å². The van der Waals surface area contributed by atoms with Gasteiger partial charge in [0.25, 0.3) is 5.91 Å². The van der Waals surface area contributed by atoms with Gasteiger partial charge in [0.2, 0.25) is 11.8 Å². The molecule has 1 aliphatic heterocycles. The fourth-order valence-corrected chi connectivity index (χ4v) is 5.55. The Hall–Kier alpha value is -2.98. The van der Waals surface area contributed by atoms with E-state index in [1.807, 2.05) is 0 Å². The molecule has 1 saturated carbocycles. The Morgan fingerprint density at radius 3 is 2.43 bits per heavy atom. The summed E-state index contributed by atoms with van der Waals surface area (Å²) in [7, 11) is 3.30. The average molecular weight is 516 g/mol. The van der Waals surface area contributed by atoms with Crippen LogP contribution in [0.15, 0.2) is 24.3 Å². The van der Waals surface area contributed by atoms with Crippen LogP contribution < -0.4 is 10.6 Å². The molecule has 4 rings (SSSR count). The van der Waals surface area contributed by atoms with E-state index in [1.54, 1.807) is 40.7 Å². The molecule has 2 heterocycles. The molecule has 2 aromatic rings. The van der Waals surface area contributed by atoms with Gasteiger partial charge >= 0.3 is 0 Å². The summed E-state index contributed by atoms with van der Waals surface area (Å²) in [4.78, 5) is 42.9. The molecule has 202 valence electrons. The van der Waals surface area contributed by atoms with E-state index in [1.165, 1.54) is 12.1 Å². The van der Waals surface area contributed by atoms with Gasteiger partial charge in [-0.05, 0) is 50.1 Å². The quantitative estimate of drug-likeness (QED) is 0.533. The zero-order chi connectivity index (χ0) is 26.4. The molecule has 2 aliphatic rings. The number of rotatable bonds is 9. The number of benzene rings is 1. The molecule has 2 fully saturated rings. The monoisotopic (exact) mass is 515 g/mol. The van der Waals surface area contributed by atoms with E-state index in [2.05, 4.69) is 10.6 Å². The van der Waals surface area contributed by atoms with Crippen molar-refractivity contribution in [1.29, 1.82) is 0 Å². The lowest BCUT2D eigenvalue weighted by Crippen LogP contribution is -2.58. The Balaban J connectivity index is 1.45. The lowest BCUT2D eigenvalue weighted by Gasteiger charge is -2.39. The Morgan fingerprint density at radius 2 is 1.76 bits per heavy atom. The van der Waals surface area contributed by atoms with Crippen molar-refractivity contribution >= 4 is 28.6 Å². The van der Waals surface area contributed by atoms with Gasteiger partial charge in [0.1, 0.15) is 17.6 Å². The smallest absolute Gasteiger partial charge is 0.270 e. The highest BCUT2D eigenvalue weighted by atomic mass is 19.1. The molecule has 1 aromatic heterocycles. The molecular formula is C27H38FN5O4. The summed E-state index contributed by atoms with van der Waals surface area (Å²) in [6, 6.07) is 5.76. The van der Waals surface area contributed by atoms with E-state index >= 15 is 0 Å². The van der Waals surface area contributed by atoms with E-state index < -0.39 is 6.04 Å². The molecule has 0 spiro atoms. The van der Waals surface area contributed by atoms with E-state index in [0.717, 1.165) is 37.5 Å². The Kier molecular flexibility index (Phi) is 9.15. The SMILES string of the molecule is CNCC(=O)NC(C(=O)N1CCN(C(=O)c2cc3ccc(F)cc3n2CCOC)CC1)C1CCCCC1. The van der Waals surface area contributed by atoms with Gasteiger partial charge in [0, 0.05) is 45.2 Å². The average Bonchev–Trinajstić information content (AvgIpc) is 3.28. The summed E-state index contributed by atoms with van der Waals surface area (Å²) in [6.07, 6.45) is 5.16. The second-order valence-electron chi connectivity index (χ2n) is 9.97. The Morgan fingerprint density at radius 1 is 1.05 bits per heavy atom. The van der Waals surface area contributed by atoms with Gasteiger partial charge in [-0.25, -0.2) is 4.39 Å². The van der Waals surface area contributed by atoms with Crippen LogP contribution in [0.1, 0.15) is 42.6 Å². The zero-order valence-corrected chi connectivity index (χ0v) is 21.8. The van der Waals surface area contributed by atoms with Crippen LogP contribution in [0.4, 0.5) is 4.39 Å². The van der Waals surface area contributed by atoms with E-state index in [9.17, 15) is 18.8 Å². The maximum Gasteiger partial charge on any atom is 0.270 e. The third kappa shape index (κ3) is 6.30. The normalized spacial score (nSPS) is 17.7. The molecule has 1 saturated heterocycles. The summed E-state index contributed by atoms with van der Waals surface area (Å²) in [5.41, 5.74) is 1.14. The summed E-state index contributed by atoms with van der Waals surface area (Å²) >= 11 is 0. The standard InChI is InChI=1S/C27H38FN5O4/c1-29-18-24(34)30-25(19-6-4-3-5-7-19)27(36)32-12-10-31(11-13-32)26(35)23-16-20-8-9-21(28)17-22(20)33(23)14-15-37-2/h8-9,16-17,19,25,29H,3-7,10-15,18H2,1-2H3,(H,30,34). The Labute approximate surface area is 217 Å². The molecule has 3 amide bonds. The maximum absolute atomic E-state index is 13.9. The van der Waals surface area contributed by atoms with Crippen LogP contribution in [-0.2, 0) is 20.9 Å². The topological polar surface area (TPSA) is 95.9 Å². The van der Waals surface area contributed by atoms with Crippen molar-refractivity contribution < 1.29 is 23.5 Å². The number of methoxy groups -OCH3 is 1. The number of amides is 3. The van der Waals surface area contributed by atoms with E-state index in [0.29, 0.717) is 50.5 Å². The van der Waals surface area contributed by atoms with Crippen LogP contribution in [-0.4, -0.2) is 91.6 Å². The van der Waals surface area contributed by atoms with Gasteiger partial charge in [-0.2, -0.15) is 0 Å². The van der Waals surface area contributed by atoms with Gasteiger partial charge in [-0.15, -0.1) is 0 Å². The number of carbonyl (C=O) groups is 3. The number of fused-ring (bicyclic) bond motifs is 1. The van der Waals surface area contributed by atoms with Gasteiger partial charge in [0.15, 0.2) is 0 Å². The highest BCUT2D eigenvalue weighted by Gasteiger charge is 2.36. The summed E-state index contributed by atoms with van der Waals surface area (Å²) in [6.45, 7) is 2.59. The second-order valence-corrected chi connectivity index (χ2v) is 9.97. The van der Waals surface area contributed by atoms with Crippen molar-refractivity contribution in [2.24, 2.45) is 5.92 Å². The van der Waals surface area contributed by atoms with Crippen LogP contribution in [0.5, 0.6) is 0 Å². The summed E-state index contributed by atoms with van der Waals surface area (Å²) < 4.78 is 21.0. The minimum Gasteiger partial charge on any atom is -0.383 e. The number of nitrogens with zero attached hydrogens (tertiary/aromatic N) is 3. The first-order valence-corrected chi connectivity index (χ1v) is 13.2. The fraction of sp³-hybridized carbons (Fsp3) is 0.593. The van der Waals surface area contributed by atoms with Gasteiger partial charge < -0.3 is 29.7 Å². The molecule has 1 atom stereocenters. The minimum absolute atomic E-state index is 0.0619. The molecule has 1 aliphatic carbocycles. The molecule has 37 heavy (non-hydrogen) atoms. The minimum atomic E-state index is -0.533. The van der Waals surface area contributed by atoms with Crippen molar-refractivity contribution in [3.05, 3.63) is 35.8 Å². The number of carbonyl (C=O) groups excluding carboxylic acids is 3. The molecule has 10 heteroatoms. The van der Waals surface area contributed by atoms with Gasteiger partial charge in [0.05, 0.1) is 18.7 Å². The maximum atomic E-state index is 13.9. The number of likely N-dealkylation sites (N-methyl/N-ethyl adjacent to an activating group) is 1. The number of nitrogens with one attached hydrogen (secondary N) is 2. The lowest BCUT2D eigenvalue weighted by atomic mass is 9.83. The van der Waals surface area contributed by atoms with Crippen molar-refractivity contribution in [3.63, 3.8) is 0 Å². The second kappa shape index (κ2) is 12.5. The first-order valence-electron chi connectivity index (χ1n) is 13.2. The van der Waals surface area contributed by atoms with Gasteiger partial charge in [-0.3, -0.25) is 14.4 Å². The molecule has 2 N–H and O–H groups in total. The fourth-order valence-electron chi connectivity index (χ4n) is 5.55. The first kappa shape index (κ1) is 27.1. The van der Waals surface area contributed by atoms with E-state index in [4.69, 9.17) is 4.74 Å². The Bertz CT molecular complexity index is 1110. The molecular weight excluding hydrogens is 477 g/mol. The molecule has 0 radical (unpaired) electrons. The molecule has 0 bridgehead atoms.